The second kappa shape index (κ2) is 5.29. The van der Waals surface area contributed by atoms with Crippen molar-refractivity contribution < 1.29 is 5.11 Å². The van der Waals surface area contributed by atoms with Crippen molar-refractivity contribution >= 4 is 0 Å². The molecule has 0 aromatic heterocycles. The fourth-order valence-electron chi connectivity index (χ4n) is 2.21. The van der Waals surface area contributed by atoms with Crippen LogP contribution in [0, 0.1) is 23.7 Å². The quantitative estimate of drug-likeness (QED) is 0.662. The molecule has 1 fully saturated rings. The lowest BCUT2D eigenvalue weighted by atomic mass is 9.96. The van der Waals surface area contributed by atoms with E-state index in [2.05, 4.69) is 18.8 Å². The van der Waals surface area contributed by atoms with E-state index < -0.39 is 0 Å². The Kier molecular flexibility index (Phi) is 4.32. The maximum absolute atomic E-state index is 9.79. The largest absolute Gasteiger partial charge is 0.392 e. The highest BCUT2D eigenvalue weighted by atomic mass is 16.3. The highest BCUT2D eigenvalue weighted by molar-refractivity contribution is 4.98. The lowest BCUT2D eigenvalue weighted by Gasteiger charge is -2.15. The average molecular weight is 180 g/mol. The minimum absolute atomic E-state index is 0.177. The fraction of sp³-hybridized carbons (Fsp3) is 0.833. The van der Waals surface area contributed by atoms with Gasteiger partial charge in [-0.1, -0.05) is 19.8 Å². The summed E-state index contributed by atoms with van der Waals surface area (Å²) < 4.78 is 0. The third-order valence-electron chi connectivity index (χ3n) is 3.19. The molecule has 3 unspecified atom stereocenters. The van der Waals surface area contributed by atoms with E-state index in [9.17, 15) is 5.11 Å². The van der Waals surface area contributed by atoms with Gasteiger partial charge in [-0.15, -0.1) is 11.8 Å². The second-order valence-corrected chi connectivity index (χ2v) is 4.05. The van der Waals surface area contributed by atoms with Crippen molar-refractivity contribution in [3.63, 3.8) is 0 Å². The van der Waals surface area contributed by atoms with Crippen LogP contribution in [-0.2, 0) is 0 Å². The van der Waals surface area contributed by atoms with Crippen LogP contribution >= 0.6 is 0 Å². The molecule has 1 rings (SSSR count). The molecule has 0 aromatic rings. The summed E-state index contributed by atoms with van der Waals surface area (Å²) >= 11 is 0. The minimum atomic E-state index is -0.177. The SMILES string of the molecule is CC#CCC(O)C1CCC(CC)C1. The highest BCUT2D eigenvalue weighted by Crippen LogP contribution is 2.35. The van der Waals surface area contributed by atoms with Crippen molar-refractivity contribution in [3.05, 3.63) is 0 Å². The van der Waals surface area contributed by atoms with Crippen LogP contribution < -0.4 is 0 Å². The molecular weight excluding hydrogens is 160 g/mol. The summed E-state index contributed by atoms with van der Waals surface area (Å²) in [6.07, 6.45) is 5.47. The van der Waals surface area contributed by atoms with E-state index in [-0.39, 0.29) is 6.10 Å². The van der Waals surface area contributed by atoms with Crippen LogP contribution in [0.4, 0.5) is 0 Å². The van der Waals surface area contributed by atoms with E-state index in [0.717, 1.165) is 5.92 Å². The van der Waals surface area contributed by atoms with E-state index >= 15 is 0 Å². The van der Waals surface area contributed by atoms with E-state index in [1.54, 1.807) is 0 Å². The van der Waals surface area contributed by atoms with Crippen molar-refractivity contribution in [3.8, 4) is 11.8 Å². The van der Waals surface area contributed by atoms with Crippen molar-refractivity contribution in [2.45, 2.75) is 52.1 Å². The molecule has 1 N–H and O–H groups in total. The number of rotatable bonds is 3. The molecule has 74 valence electrons. The molecule has 0 amide bonds. The molecule has 0 aromatic carbocycles. The summed E-state index contributed by atoms with van der Waals surface area (Å²) in [5.41, 5.74) is 0. The lowest BCUT2D eigenvalue weighted by molar-refractivity contribution is 0.113. The Morgan fingerprint density at radius 2 is 2.23 bits per heavy atom. The van der Waals surface area contributed by atoms with Crippen LogP contribution in [0.1, 0.15) is 46.0 Å². The lowest BCUT2D eigenvalue weighted by Crippen LogP contribution is -2.17. The summed E-state index contributed by atoms with van der Waals surface area (Å²) in [4.78, 5) is 0. The monoisotopic (exact) mass is 180 g/mol. The number of aliphatic hydroxyl groups is 1. The molecule has 3 atom stereocenters. The third kappa shape index (κ3) is 3.04. The standard InChI is InChI=1S/C12H20O/c1-3-5-6-12(13)11-8-7-10(4-2)9-11/h10-13H,4,6-9H2,1-2H3. The molecule has 0 spiro atoms. The maximum Gasteiger partial charge on any atom is 0.0677 e. The highest BCUT2D eigenvalue weighted by Gasteiger charge is 2.28. The van der Waals surface area contributed by atoms with Gasteiger partial charge in [0.05, 0.1) is 6.10 Å². The van der Waals surface area contributed by atoms with Crippen LogP contribution in [0.15, 0.2) is 0 Å². The van der Waals surface area contributed by atoms with Crippen molar-refractivity contribution in [1.29, 1.82) is 0 Å². The molecule has 0 heterocycles. The van der Waals surface area contributed by atoms with Crippen LogP contribution in [0.3, 0.4) is 0 Å². The van der Waals surface area contributed by atoms with Gasteiger partial charge in [0, 0.05) is 6.42 Å². The molecular formula is C12H20O. The van der Waals surface area contributed by atoms with Crippen LogP contribution in [-0.4, -0.2) is 11.2 Å². The Morgan fingerprint density at radius 3 is 2.77 bits per heavy atom. The van der Waals surface area contributed by atoms with E-state index in [0.29, 0.717) is 12.3 Å². The first-order valence-corrected chi connectivity index (χ1v) is 5.35. The topological polar surface area (TPSA) is 20.2 Å². The predicted octanol–water partition coefficient (Wildman–Crippen LogP) is 2.59. The molecule has 1 saturated carbocycles. The Hall–Kier alpha value is -0.480. The van der Waals surface area contributed by atoms with E-state index in [1.165, 1.54) is 25.7 Å². The summed E-state index contributed by atoms with van der Waals surface area (Å²) in [6.45, 7) is 4.07. The van der Waals surface area contributed by atoms with Gasteiger partial charge in [-0.3, -0.25) is 0 Å². The van der Waals surface area contributed by atoms with Gasteiger partial charge in [0.25, 0.3) is 0 Å². The van der Waals surface area contributed by atoms with Gasteiger partial charge in [0.2, 0.25) is 0 Å². The Balaban J connectivity index is 2.31. The Bertz CT molecular complexity index is 199. The molecule has 1 aliphatic carbocycles. The van der Waals surface area contributed by atoms with Gasteiger partial charge in [0.15, 0.2) is 0 Å². The van der Waals surface area contributed by atoms with Crippen LogP contribution in [0.2, 0.25) is 0 Å². The zero-order chi connectivity index (χ0) is 9.68. The van der Waals surface area contributed by atoms with Crippen molar-refractivity contribution in [1.82, 2.24) is 0 Å². The van der Waals surface area contributed by atoms with Gasteiger partial charge >= 0.3 is 0 Å². The fourth-order valence-corrected chi connectivity index (χ4v) is 2.21. The molecule has 1 aliphatic rings. The normalized spacial score (nSPS) is 29.5. The van der Waals surface area contributed by atoms with Gasteiger partial charge in [0.1, 0.15) is 0 Å². The summed E-state index contributed by atoms with van der Waals surface area (Å²) in [5.74, 6) is 7.17. The zero-order valence-electron chi connectivity index (χ0n) is 8.71. The molecule has 1 heteroatoms. The Morgan fingerprint density at radius 1 is 1.46 bits per heavy atom. The maximum atomic E-state index is 9.79. The third-order valence-corrected chi connectivity index (χ3v) is 3.19. The van der Waals surface area contributed by atoms with Gasteiger partial charge in [-0.2, -0.15) is 0 Å². The first-order valence-electron chi connectivity index (χ1n) is 5.35. The molecule has 1 nitrogen and oxygen atoms in total. The van der Waals surface area contributed by atoms with Gasteiger partial charge < -0.3 is 5.11 Å². The van der Waals surface area contributed by atoms with Crippen LogP contribution in [0.25, 0.3) is 0 Å². The number of hydrogen-bond acceptors (Lipinski definition) is 1. The van der Waals surface area contributed by atoms with E-state index in [1.807, 2.05) is 6.92 Å². The van der Waals surface area contributed by atoms with Crippen molar-refractivity contribution in [2.75, 3.05) is 0 Å². The van der Waals surface area contributed by atoms with Gasteiger partial charge in [-0.05, 0) is 31.6 Å². The van der Waals surface area contributed by atoms with E-state index in [4.69, 9.17) is 0 Å². The molecule has 0 aliphatic heterocycles. The first-order chi connectivity index (χ1) is 6.27. The molecule has 0 radical (unpaired) electrons. The number of aliphatic hydroxyl groups excluding tert-OH is 1. The molecule has 0 saturated heterocycles. The summed E-state index contributed by atoms with van der Waals surface area (Å²) in [5, 5.41) is 9.79. The number of hydrogen-bond donors (Lipinski definition) is 1. The Labute approximate surface area is 81.5 Å². The van der Waals surface area contributed by atoms with Crippen molar-refractivity contribution in [2.24, 2.45) is 11.8 Å². The van der Waals surface area contributed by atoms with Gasteiger partial charge in [-0.25, -0.2) is 0 Å². The summed E-state index contributed by atoms with van der Waals surface area (Å²) in [7, 11) is 0. The first kappa shape index (κ1) is 10.6. The minimum Gasteiger partial charge on any atom is -0.392 e. The molecule has 0 bridgehead atoms. The smallest absolute Gasteiger partial charge is 0.0677 e. The summed E-state index contributed by atoms with van der Waals surface area (Å²) in [6, 6.07) is 0. The average Bonchev–Trinajstić information content (AvgIpc) is 2.62. The molecule has 13 heavy (non-hydrogen) atoms. The second-order valence-electron chi connectivity index (χ2n) is 4.05. The zero-order valence-corrected chi connectivity index (χ0v) is 8.71. The predicted molar refractivity (Wildman–Crippen MR) is 55.2 cm³/mol. The van der Waals surface area contributed by atoms with Crippen LogP contribution in [0.5, 0.6) is 0 Å².